The largest absolute Gasteiger partial charge is 0.469 e. The summed E-state index contributed by atoms with van der Waals surface area (Å²) in [6.07, 6.45) is 2.69. The van der Waals surface area contributed by atoms with Gasteiger partial charge in [0.2, 0.25) is 0 Å². The number of halogens is 2. The third-order valence-electron chi connectivity index (χ3n) is 2.50. The molecule has 2 aromatic rings. The Bertz CT molecular complexity index is 467. The van der Waals surface area contributed by atoms with E-state index < -0.39 is 0 Å². The third-order valence-corrected chi connectivity index (χ3v) is 5.99. The highest BCUT2D eigenvalue weighted by Crippen LogP contribution is 2.40. The van der Waals surface area contributed by atoms with Gasteiger partial charge in [0.05, 0.1) is 14.9 Å². The molecule has 0 bridgehead atoms. The summed E-state index contributed by atoms with van der Waals surface area (Å²) in [5, 5.41) is 0. The number of alkyl halides is 1. The summed E-state index contributed by atoms with van der Waals surface area (Å²) in [6.45, 7) is 4.22. The van der Waals surface area contributed by atoms with Gasteiger partial charge in [0.1, 0.15) is 5.76 Å². The van der Waals surface area contributed by atoms with E-state index in [2.05, 4.69) is 51.8 Å². The van der Waals surface area contributed by atoms with Gasteiger partial charge in [0, 0.05) is 16.9 Å². The third kappa shape index (κ3) is 2.29. The van der Waals surface area contributed by atoms with Crippen LogP contribution >= 0.6 is 43.2 Å². The predicted molar refractivity (Wildman–Crippen MR) is 75.6 cm³/mol. The van der Waals surface area contributed by atoms with Crippen LogP contribution in [0.5, 0.6) is 0 Å². The van der Waals surface area contributed by atoms with E-state index >= 15 is 0 Å². The van der Waals surface area contributed by atoms with Gasteiger partial charge in [-0.15, -0.1) is 11.3 Å². The van der Waals surface area contributed by atoms with Gasteiger partial charge in [-0.2, -0.15) is 0 Å². The molecule has 4 heteroatoms. The van der Waals surface area contributed by atoms with Crippen molar-refractivity contribution in [1.29, 1.82) is 0 Å². The smallest absolute Gasteiger partial charge is 0.108 e. The zero-order valence-corrected chi connectivity index (χ0v) is 13.1. The number of rotatable bonds is 3. The van der Waals surface area contributed by atoms with Gasteiger partial charge in [-0.1, -0.05) is 22.9 Å². The Morgan fingerprint density at radius 2 is 2.25 bits per heavy atom. The molecule has 0 aliphatic heterocycles. The van der Waals surface area contributed by atoms with E-state index in [1.54, 1.807) is 17.6 Å². The zero-order valence-electron chi connectivity index (χ0n) is 9.09. The number of aryl methyl sites for hydroxylation is 2. The van der Waals surface area contributed by atoms with Crippen LogP contribution in [0.15, 0.2) is 26.6 Å². The Morgan fingerprint density at radius 3 is 2.81 bits per heavy atom. The molecule has 2 rings (SSSR count). The summed E-state index contributed by atoms with van der Waals surface area (Å²) >= 11 is 9.07. The lowest BCUT2D eigenvalue weighted by Gasteiger charge is -2.06. The van der Waals surface area contributed by atoms with Crippen molar-refractivity contribution in [1.82, 2.24) is 0 Å². The van der Waals surface area contributed by atoms with E-state index in [4.69, 9.17) is 4.42 Å². The number of hydrogen-bond donors (Lipinski definition) is 0. The van der Waals surface area contributed by atoms with Crippen molar-refractivity contribution in [3.63, 3.8) is 0 Å². The van der Waals surface area contributed by atoms with E-state index in [0.29, 0.717) is 0 Å². The van der Waals surface area contributed by atoms with E-state index in [1.165, 1.54) is 19.8 Å². The number of furan rings is 1. The van der Waals surface area contributed by atoms with Gasteiger partial charge < -0.3 is 4.42 Å². The van der Waals surface area contributed by atoms with Crippen LogP contribution in [0.2, 0.25) is 0 Å². The molecule has 0 saturated heterocycles. The second-order valence-electron chi connectivity index (χ2n) is 3.62. The molecule has 0 amide bonds. The molecule has 0 aliphatic carbocycles. The highest BCUT2D eigenvalue weighted by atomic mass is 79.9. The van der Waals surface area contributed by atoms with E-state index in [0.717, 1.165) is 12.2 Å². The van der Waals surface area contributed by atoms with E-state index in [-0.39, 0.29) is 4.83 Å². The highest BCUT2D eigenvalue weighted by molar-refractivity contribution is 9.11. The van der Waals surface area contributed by atoms with Gasteiger partial charge in [-0.3, -0.25) is 0 Å². The molecule has 0 N–H and O–H groups in total. The first-order chi connectivity index (χ1) is 7.63. The first kappa shape index (κ1) is 12.4. The second-order valence-corrected chi connectivity index (χ2v) is 6.94. The van der Waals surface area contributed by atoms with Gasteiger partial charge in [-0.05, 0) is 40.5 Å². The summed E-state index contributed by atoms with van der Waals surface area (Å²) in [5.41, 5.74) is 2.52. The molecule has 0 aliphatic rings. The Hall–Kier alpha value is -0.0600. The van der Waals surface area contributed by atoms with Crippen LogP contribution in [-0.4, -0.2) is 0 Å². The number of thiophene rings is 1. The van der Waals surface area contributed by atoms with Crippen LogP contribution in [0.4, 0.5) is 0 Å². The van der Waals surface area contributed by atoms with Crippen molar-refractivity contribution in [2.75, 3.05) is 0 Å². The molecular formula is C12H12Br2OS. The maximum Gasteiger partial charge on any atom is 0.108 e. The molecule has 0 radical (unpaired) electrons. The van der Waals surface area contributed by atoms with Crippen molar-refractivity contribution < 1.29 is 4.42 Å². The standard InChI is InChI=1S/C12H12Br2OS/c1-3-9-8(4-5-15-9)11(13)10-6-7(2)12(14)16-10/h4-6,11H,3H2,1-2H3. The second kappa shape index (κ2) is 5.07. The summed E-state index contributed by atoms with van der Waals surface area (Å²) < 4.78 is 6.66. The Kier molecular flexibility index (Phi) is 3.93. The lowest BCUT2D eigenvalue weighted by Crippen LogP contribution is -1.91. The molecule has 1 atom stereocenters. The van der Waals surface area contributed by atoms with Crippen molar-refractivity contribution in [2.45, 2.75) is 25.1 Å². The molecule has 0 fully saturated rings. The molecule has 0 saturated carbocycles. The molecule has 2 heterocycles. The van der Waals surface area contributed by atoms with Crippen molar-refractivity contribution >= 4 is 43.2 Å². The van der Waals surface area contributed by atoms with Gasteiger partial charge >= 0.3 is 0 Å². The summed E-state index contributed by atoms with van der Waals surface area (Å²) in [4.78, 5) is 1.54. The van der Waals surface area contributed by atoms with Crippen LogP contribution in [0, 0.1) is 6.92 Å². The first-order valence-corrected chi connectivity index (χ1v) is 7.62. The minimum Gasteiger partial charge on any atom is -0.469 e. The minimum absolute atomic E-state index is 0.233. The molecule has 1 nitrogen and oxygen atoms in total. The average molecular weight is 364 g/mol. The van der Waals surface area contributed by atoms with E-state index in [9.17, 15) is 0 Å². The zero-order chi connectivity index (χ0) is 11.7. The topological polar surface area (TPSA) is 13.1 Å². The molecule has 1 unspecified atom stereocenters. The monoisotopic (exact) mass is 362 g/mol. The molecule has 0 aromatic carbocycles. The Labute approximate surface area is 116 Å². The van der Waals surface area contributed by atoms with Gasteiger partial charge in [0.25, 0.3) is 0 Å². The number of hydrogen-bond acceptors (Lipinski definition) is 2. The molecule has 16 heavy (non-hydrogen) atoms. The van der Waals surface area contributed by atoms with Crippen LogP contribution in [0.3, 0.4) is 0 Å². The normalized spacial score (nSPS) is 13.0. The fourth-order valence-electron chi connectivity index (χ4n) is 1.63. The Balaban J connectivity index is 2.35. The first-order valence-electron chi connectivity index (χ1n) is 5.09. The molecule has 2 aromatic heterocycles. The molecule has 86 valence electrons. The van der Waals surface area contributed by atoms with Gasteiger partial charge in [0.15, 0.2) is 0 Å². The van der Waals surface area contributed by atoms with E-state index in [1.807, 2.05) is 6.07 Å². The molecule has 0 spiro atoms. The lowest BCUT2D eigenvalue weighted by molar-refractivity contribution is 0.512. The SMILES string of the molecule is CCc1occc1C(Br)c1cc(C)c(Br)s1. The fourth-order valence-corrected chi connectivity index (χ4v) is 4.01. The van der Waals surface area contributed by atoms with Crippen LogP contribution < -0.4 is 0 Å². The van der Waals surface area contributed by atoms with Crippen molar-refractivity contribution in [3.05, 3.63) is 43.9 Å². The lowest BCUT2D eigenvalue weighted by atomic mass is 10.1. The predicted octanol–water partition coefficient (Wildman–Crippen LogP) is 5.46. The van der Waals surface area contributed by atoms with Crippen LogP contribution in [0.1, 0.15) is 33.5 Å². The quantitative estimate of drug-likeness (QED) is 0.660. The van der Waals surface area contributed by atoms with Crippen molar-refractivity contribution in [2.24, 2.45) is 0 Å². The van der Waals surface area contributed by atoms with Crippen LogP contribution in [0.25, 0.3) is 0 Å². The minimum atomic E-state index is 0.233. The maximum absolute atomic E-state index is 5.46. The molecular weight excluding hydrogens is 352 g/mol. The maximum atomic E-state index is 5.46. The Morgan fingerprint density at radius 1 is 1.50 bits per heavy atom. The van der Waals surface area contributed by atoms with Gasteiger partial charge in [-0.25, -0.2) is 0 Å². The van der Waals surface area contributed by atoms with Crippen LogP contribution in [-0.2, 0) is 6.42 Å². The van der Waals surface area contributed by atoms with Crippen molar-refractivity contribution in [3.8, 4) is 0 Å². The average Bonchev–Trinajstić information content (AvgIpc) is 2.85. The highest BCUT2D eigenvalue weighted by Gasteiger charge is 2.18. The fraction of sp³-hybridized carbons (Fsp3) is 0.333. The summed E-state index contributed by atoms with van der Waals surface area (Å²) in [7, 11) is 0. The summed E-state index contributed by atoms with van der Waals surface area (Å²) in [5.74, 6) is 1.06. The summed E-state index contributed by atoms with van der Waals surface area (Å²) in [6, 6.07) is 4.25.